The molecule has 0 bridgehead atoms. The predicted octanol–water partition coefficient (Wildman–Crippen LogP) is 0.503. The Hall–Kier alpha value is -0.960. The third kappa shape index (κ3) is 5.04. The van der Waals surface area contributed by atoms with Crippen molar-refractivity contribution in [2.24, 2.45) is 0 Å². The maximum Gasteiger partial charge on any atom is 0.143 e. The van der Waals surface area contributed by atoms with Crippen LogP contribution in [0.3, 0.4) is 0 Å². The van der Waals surface area contributed by atoms with Crippen LogP contribution in [-0.2, 0) is 4.89 Å². The van der Waals surface area contributed by atoms with Crippen LogP contribution in [0.5, 0.6) is 0 Å². The lowest BCUT2D eigenvalue weighted by molar-refractivity contribution is -0.229. The Morgan fingerprint density at radius 1 is 1.50 bits per heavy atom. The highest BCUT2D eigenvalue weighted by molar-refractivity contribution is 5.24. The number of rotatable bonds is 1. The van der Waals surface area contributed by atoms with Gasteiger partial charge < -0.3 is 0 Å². The fraction of sp³-hybridized carbons (Fsp3) is 0.333. The molecule has 0 spiro atoms. The lowest BCUT2D eigenvalue weighted by atomic mass is 10.6. The first-order valence-electron chi connectivity index (χ1n) is 2.07. The zero-order valence-corrected chi connectivity index (χ0v) is 4.56. The van der Waals surface area contributed by atoms with E-state index in [9.17, 15) is 0 Å². The van der Waals surface area contributed by atoms with Crippen molar-refractivity contribution in [3.05, 3.63) is 0 Å². The summed E-state index contributed by atoms with van der Waals surface area (Å²) in [5.74, 6) is 9.93. The second-order valence-corrected chi connectivity index (χ2v) is 0.950. The quantitative estimate of drug-likeness (QED) is 0.302. The summed E-state index contributed by atoms with van der Waals surface area (Å²) in [7, 11) is 0. The van der Waals surface area contributed by atoms with E-state index in [4.69, 9.17) is 5.26 Å². The van der Waals surface area contributed by atoms with Crippen molar-refractivity contribution in [2.45, 2.75) is 6.92 Å². The highest BCUT2D eigenvalue weighted by Gasteiger charge is 1.64. The van der Waals surface area contributed by atoms with Crippen LogP contribution in [-0.4, -0.2) is 11.9 Å². The Morgan fingerprint density at radius 3 is 2.75 bits per heavy atom. The SMILES string of the molecule is CC#CC#CCOO. The number of hydrogen-bond acceptors (Lipinski definition) is 2. The first-order chi connectivity index (χ1) is 3.91. The van der Waals surface area contributed by atoms with Gasteiger partial charge in [0.05, 0.1) is 0 Å². The normalized spacial score (nSPS) is 5.75. The molecule has 8 heavy (non-hydrogen) atoms. The predicted molar refractivity (Wildman–Crippen MR) is 29.8 cm³/mol. The molecule has 0 aliphatic heterocycles. The van der Waals surface area contributed by atoms with Gasteiger partial charge in [-0.3, -0.25) is 5.26 Å². The van der Waals surface area contributed by atoms with Gasteiger partial charge in [0.15, 0.2) is 0 Å². The summed E-state index contributed by atoms with van der Waals surface area (Å²) in [6, 6.07) is 0. The summed E-state index contributed by atoms with van der Waals surface area (Å²) in [6.07, 6.45) is 0. The molecule has 0 rings (SSSR count). The Labute approximate surface area is 48.4 Å². The molecule has 0 aromatic carbocycles. The Morgan fingerprint density at radius 2 is 2.25 bits per heavy atom. The van der Waals surface area contributed by atoms with E-state index in [1.165, 1.54) is 0 Å². The Kier molecular flexibility index (Phi) is 5.32. The van der Waals surface area contributed by atoms with Gasteiger partial charge in [0.1, 0.15) is 6.61 Å². The molecule has 0 radical (unpaired) electrons. The van der Waals surface area contributed by atoms with E-state index >= 15 is 0 Å². The van der Waals surface area contributed by atoms with Crippen molar-refractivity contribution < 1.29 is 10.1 Å². The zero-order chi connectivity index (χ0) is 6.24. The molecular weight excluding hydrogens is 104 g/mol. The summed E-state index contributed by atoms with van der Waals surface area (Å²) in [5.41, 5.74) is 0. The average Bonchev–Trinajstić information content (AvgIpc) is 1.81. The third-order valence-electron chi connectivity index (χ3n) is 0.413. The van der Waals surface area contributed by atoms with Gasteiger partial charge >= 0.3 is 0 Å². The molecule has 0 saturated heterocycles. The van der Waals surface area contributed by atoms with Gasteiger partial charge in [-0.2, -0.15) is 0 Å². The van der Waals surface area contributed by atoms with Gasteiger partial charge in [0.25, 0.3) is 0 Å². The van der Waals surface area contributed by atoms with Crippen molar-refractivity contribution in [3.63, 3.8) is 0 Å². The van der Waals surface area contributed by atoms with Crippen molar-refractivity contribution in [1.82, 2.24) is 0 Å². The summed E-state index contributed by atoms with van der Waals surface area (Å²) in [4.78, 5) is 3.65. The number of hydrogen-bond donors (Lipinski definition) is 1. The highest BCUT2D eigenvalue weighted by atomic mass is 17.1. The van der Waals surface area contributed by atoms with Crippen molar-refractivity contribution >= 4 is 0 Å². The average molecular weight is 110 g/mol. The van der Waals surface area contributed by atoms with Crippen LogP contribution in [0.2, 0.25) is 0 Å². The van der Waals surface area contributed by atoms with E-state index in [1.54, 1.807) is 6.92 Å². The van der Waals surface area contributed by atoms with Crippen LogP contribution in [0.15, 0.2) is 0 Å². The Bertz CT molecular complexity index is 151. The van der Waals surface area contributed by atoms with Crippen LogP contribution in [0.4, 0.5) is 0 Å². The van der Waals surface area contributed by atoms with Gasteiger partial charge in [-0.15, -0.1) is 0 Å². The lowest BCUT2D eigenvalue weighted by Crippen LogP contribution is -1.80. The van der Waals surface area contributed by atoms with Crippen LogP contribution in [0.25, 0.3) is 0 Å². The molecule has 2 nitrogen and oxygen atoms in total. The zero-order valence-electron chi connectivity index (χ0n) is 4.56. The van der Waals surface area contributed by atoms with Gasteiger partial charge in [-0.25, -0.2) is 4.89 Å². The van der Waals surface area contributed by atoms with Gasteiger partial charge in [0.2, 0.25) is 0 Å². The minimum Gasteiger partial charge on any atom is -0.251 e. The maximum absolute atomic E-state index is 7.71. The molecule has 0 unspecified atom stereocenters. The molecule has 42 valence electrons. The molecular formula is C6H6O2. The summed E-state index contributed by atoms with van der Waals surface area (Å²) in [5, 5.41) is 7.71. The fourth-order valence-electron chi connectivity index (χ4n) is 0.175. The first kappa shape index (κ1) is 7.04. The van der Waals surface area contributed by atoms with Gasteiger partial charge in [0, 0.05) is 0 Å². The summed E-state index contributed by atoms with van der Waals surface area (Å²) >= 11 is 0. The maximum atomic E-state index is 7.71. The Balaban J connectivity index is 3.31. The standard InChI is InChI=1S/C6H6O2/c1-2-3-4-5-6-8-7/h7H,6H2,1H3. The minimum absolute atomic E-state index is 0.0225. The second-order valence-electron chi connectivity index (χ2n) is 0.950. The molecule has 0 fully saturated rings. The summed E-state index contributed by atoms with van der Waals surface area (Å²) in [6.45, 7) is 1.71. The molecule has 0 aliphatic carbocycles. The van der Waals surface area contributed by atoms with E-state index in [2.05, 4.69) is 28.6 Å². The van der Waals surface area contributed by atoms with E-state index in [1.807, 2.05) is 0 Å². The van der Waals surface area contributed by atoms with Gasteiger partial charge in [-0.05, 0) is 18.8 Å². The topological polar surface area (TPSA) is 29.5 Å². The first-order valence-corrected chi connectivity index (χ1v) is 2.07. The van der Waals surface area contributed by atoms with E-state index in [0.29, 0.717) is 0 Å². The van der Waals surface area contributed by atoms with Crippen LogP contribution < -0.4 is 0 Å². The van der Waals surface area contributed by atoms with E-state index < -0.39 is 0 Å². The molecule has 0 aromatic heterocycles. The third-order valence-corrected chi connectivity index (χ3v) is 0.413. The van der Waals surface area contributed by atoms with Crippen LogP contribution in [0, 0.1) is 23.7 Å². The molecule has 2 heteroatoms. The highest BCUT2D eigenvalue weighted by Crippen LogP contribution is 1.58. The molecule has 0 heterocycles. The lowest BCUT2D eigenvalue weighted by Gasteiger charge is -1.75. The molecule has 0 saturated carbocycles. The monoisotopic (exact) mass is 110 g/mol. The smallest absolute Gasteiger partial charge is 0.143 e. The van der Waals surface area contributed by atoms with Crippen molar-refractivity contribution in [3.8, 4) is 23.7 Å². The molecule has 0 atom stereocenters. The van der Waals surface area contributed by atoms with Gasteiger partial charge in [-0.1, -0.05) is 11.8 Å². The minimum atomic E-state index is 0.0225. The summed E-state index contributed by atoms with van der Waals surface area (Å²) < 4.78 is 0. The molecule has 0 aromatic rings. The second kappa shape index (κ2) is 6.04. The molecule has 0 aliphatic rings. The van der Waals surface area contributed by atoms with Crippen molar-refractivity contribution in [1.29, 1.82) is 0 Å². The van der Waals surface area contributed by atoms with E-state index in [-0.39, 0.29) is 6.61 Å². The van der Waals surface area contributed by atoms with Crippen LogP contribution >= 0.6 is 0 Å². The molecule has 0 amide bonds. The van der Waals surface area contributed by atoms with Crippen molar-refractivity contribution in [2.75, 3.05) is 6.61 Å². The van der Waals surface area contributed by atoms with Crippen LogP contribution in [0.1, 0.15) is 6.92 Å². The fourth-order valence-corrected chi connectivity index (χ4v) is 0.175. The van der Waals surface area contributed by atoms with E-state index in [0.717, 1.165) is 0 Å². The largest absolute Gasteiger partial charge is 0.251 e. The molecule has 1 N–H and O–H groups in total.